The first-order valence-corrected chi connectivity index (χ1v) is 4.54. The number of rotatable bonds is 2. The van der Waals surface area contributed by atoms with E-state index in [9.17, 15) is 9.90 Å². The standard InChI is InChI=1S/C9H16N2O2/c1-3-10-9(13)7-4-5-8(12)11(2)6-7/h6,8,12H,3-5H2,1-2H3,(H,10,13). The number of likely N-dealkylation sites (N-methyl/N-ethyl adjacent to an activating group) is 1. The summed E-state index contributed by atoms with van der Waals surface area (Å²) in [5.41, 5.74) is 0.745. The minimum atomic E-state index is -0.446. The van der Waals surface area contributed by atoms with Gasteiger partial charge in [0.1, 0.15) is 6.23 Å². The van der Waals surface area contributed by atoms with Gasteiger partial charge in [0.05, 0.1) is 0 Å². The molecule has 74 valence electrons. The quantitative estimate of drug-likeness (QED) is 0.637. The first kappa shape index (κ1) is 10.1. The Morgan fingerprint density at radius 1 is 1.85 bits per heavy atom. The van der Waals surface area contributed by atoms with Crippen LogP contribution in [0, 0.1) is 0 Å². The van der Waals surface area contributed by atoms with Crippen LogP contribution in [0.2, 0.25) is 0 Å². The van der Waals surface area contributed by atoms with Gasteiger partial charge in [0.2, 0.25) is 5.91 Å². The number of nitrogens with zero attached hydrogens (tertiary/aromatic N) is 1. The van der Waals surface area contributed by atoms with Crippen LogP contribution in [0.5, 0.6) is 0 Å². The monoisotopic (exact) mass is 184 g/mol. The summed E-state index contributed by atoms with van der Waals surface area (Å²) in [4.78, 5) is 13.0. The highest BCUT2D eigenvalue weighted by atomic mass is 16.3. The van der Waals surface area contributed by atoms with Crippen LogP contribution in [-0.2, 0) is 4.79 Å². The van der Waals surface area contributed by atoms with Crippen molar-refractivity contribution in [3.8, 4) is 0 Å². The molecule has 0 aliphatic carbocycles. The largest absolute Gasteiger partial charge is 0.374 e. The summed E-state index contributed by atoms with van der Waals surface area (Å²) in [6.07, 6.45) is 2.54. The maximum absolute atomic E-state index is 11.4. The summed E-state index contributed by atoms with van der Waals surface area (Å²) in [6.45, 7) is 2.53. The number of carbonyl (C=O) groups excluding carboxylic acids is 1. The molecule has 2 N–H and O–H groups in total. The van der Waals surface area contributed by atoms with Gasteiger partial charge in [-0.05, 0) is 19.8 Å². The molecule has 0 saturated heterocycles. The Morgan fingerprint density at radius 2 is 2.54 bits per heavy atom. The second-order valence-electron chi connectivity index (χ2n) is 3.20. The third-order valence-corrected chi connectivity index (χ3v) is 2.13. The summed E-state index contributed by atoms with van der Waals surface area (Å²) < 4.78 is 0. The van der Waals surface area contributed by atoms with Gasteiger partial charge in [0.25, 0.3) is 0 Å². The first-order valence-electron chi connectivity index (χ1n) is 4.54. The molecule has 0 radical (unpaired) electrons. The van der Waals surface area contributed by atoms with Crippen LogP contribution in [-0.4, -0.2) is 35.7 Å². The Bertz CT molecular complexity index is 226. The van der Waals surface area contributed by atoms with E-state index in [1.807, 2.05) is 6.92 Å². The molecule has 4 heteroatoms. The van der Waals surface area contributed by atoms with Gasteiger partial charge in [0.15, 0.2) is 0 Å². The van der Waals surface area contributed by atoms with Crippen LogP contribution in [0.15, 0.2) is 11.8 Å². The number of hydrogen-bond donors (Lipinski definition) is 2. The zero-order chi connectivity index (χ0) is 9.84. The molecule has 1 heterocycles. The lowest BCUT2D eigenvalue weighted by atomic mass is 10.1. The third kappa shape index (κ3) is 2.45. The third-order valence-electron chi connectivity index (χ3n) is 2.13. The van der Waals surface area contributed by atoms with E-state index >= 15 is 0 Å². The van der Waals surface area contributed by atoms with Gasteiger partial charge in [-0.25, -0.2) is 0 Å². The number of nitrogens with one attached hydrogen (secondary N) is 1. The molecule has 1 amide bonds. The van der Waals surface area contributed by atoms with Crippen molar-refractivity contribution in [1.29, 1.82) is 0 Å². The molecule has 0 fully saturated rings. The lowest BCUT2D eigenvalue weighted by molar-refractivity contribution is -0.118. The molecule has 0 bridgehead atoms. The topological polar surface area (TPSA) is 52.6 Å². The fraction of sp³-hybridized carbons (Fsp3) is 0.667. The summed E-state index contributed by atoms with van der Waals surface area (Å²) in [6, 6.07) is 0. The fourth-order valence-electron chi connectivity index (χ4n) is 1.33. The van der Waals surface area contributed by atoms with E-state index < -0.39 is 6.23 Å². The van der Waals surface area contributed by atoms with Crippen LogP contribution < -0.4 is 5.32 Å². The van der Waals surface area contributed by atoms with Crippen molar-refractivity contribution in [3.05, 3.63) is 11.8 Å². The summed E-state index contributed by atoms with van der Waals surface area (Å²) in [5, 5.41) is 12.1. The second-order valence-corrected chi connectivity index (χ2v) is 3.20. The second kappa shape index (κ2) is 4.28. The molecular weight excluding hydrogens is 168 g/mol. The van der Waals surface area contributed by atoms with Crippen LogP contribution in [0.3, 0.4) is 0 Å². The van der Waals surface area contributed by atoms with Crippen molar-refractivity contribution < 1.29 is 9.90 Å². The summed E-state index contributed by atoms with van der Waals surface area (Å²) in [7, 11) is 1.77. The van der Waals surface area contributed by atoms with Gasteiger partial charge in [-0.1, -0.05) is 0 Å². The smallest absolute Gasteiger partial charge is 0.248 e. The van der Waals surface area contributed by atoms with Gasteiger partial charge in [0, 0.05) is 25.4 Å². The Labute approximate surface area is 78.2 Å². The van der Waals surface area contributed by atoms with Gasteiger partial charge in [-0.15, -0.1) is 0 Å². The highest BCUT2D eigenvalue weighted by Crippen LogP contribution is 2.17. The van der Waals surface area contributed by atoms with Crippen molar-refractivity contribution in [1.82, 2.24) is 10.2 Å². The molecule has 1 rings (SSSR count). The van der Waals surface area contributed by atoms with Crippen LogP contribution in [0.25, 0.3) is 0 Å². The van der Waals surface area contributed by atoms with Crippen molar-refractivity contribution in [2.24, 2.45) is 0 Å². The minimum Gasteiger partial charge on any atom is -0.374 e. The van der Waals surface area contributed by atoms with Crippen molar-refractivity contribution >= 4 is 5.91 Å². The molecule has 4 nitrogen and oxygen atoms in total. The predicted molar refractivity (Wildman–Crippen MR) is 49.8 cm³/mol. The first-order chi connectivity index (χ1) is 6.15. The lowest BCUT2D eigenvalue weighted by Gasteiger charge is -2.27. The number of aliphatic hydroxyl groups excluding tert-OH is 1. The normalized spacial score (nSPS) is 22.5. The molecule has 0 aromatic rings. The Kier molecular flexibility index (Phi) is 3.31. The average molecular weight is 184 g/mol. The van der Waals surface area contributed by atoms with E-state index in [1.54, 1.807) is 18.1 Å². The molecule has 0 aromatic carbocycles. The average Bonchev–Trinajstić information content (AvgIpc) is 2.10. The van der Waals surface area contributed by atoms with E-state index in [-0.39, 0.29) is 5.91 Å². The number of aliphatic hydroxyl groups is 1. The summed E-state index contributed by atoms with van der Waals surface area (Å²) >= 11 is 0. The molecule has 13 heavy (non-hydrogen) atoms. The van der Waals surface area contributed by atoms with E-state index in [4.69, 9.17) is 0 Å². The van der Waals surface area contributed by atoms with E-state index in [1.165, 1.54) is 0 Å². The highest BCUT2D eigenvalue weighted by Gasteiger charge is 2.19. The zero-order valence-corrected chi connectivity index (χ0v) is 8.08. The van der Waals surface area contributed by atoms with E-state index in [0.717, 1.165) is 5.57 Å². The van der Waals surface area contributed by atoms with Crippen LogP contribution >= 0.6 is 0 Å². The molecule has 0 saturated carbocycles. The van der Waals surface area contributed by atoms with Crippen molar-refractivity contribution in [2.45, 2.75) is 26.0 Å². The van der Waals surface area contributed by atoms with E-state index in [0.29, 0.717) is 19.4 Å². The predicted octanol–water partition coefficient (Wildman–Crippen LogP) is 0.0504. The van der Waals surface area contributed by atoms with Gasteiger partial charge < -0.3 is 15.3 Å². The maximum atomic E-state index is 11.4. The number of carbonyl (C=O) groups is 1. The molecule has 1 atom stereocenters. The number of hydrogen-bond acceptors (Lipinski definition) is 3. The molecule has 1 aliphatic rings. The van der Waals surface area contributed by atoms with Gasteiger partial charge >= 0.3 is 0 Å². The maximum Gasteiger partial charge on any atom is 0.248 e. The molecular formula is C9H16N2O2. The van der Waals surface area contributed by atoms with Gasteiger partial charge in [-0.2, -0.15) is 0 Å². The SMILES string of the molecule is CCNC(=O)C1=CN(C)C(O)CC1. The molecule has 0 spiro atoms. The van der Waals surface area contributed by atoms with E-state index in [2.05, 4.69) is 5.32 Å². The number of amides is 1. The lowest BCUT2D eigenvalue weighted by Crippen LogP contribution is -2.34. The fourth-order valence-corrected chi connectivity index (χ4v) is 1.33. The summed E-state index contributed by atoms with van der Waals surface area (Å²) in [5.74, 6) is -0.0266. The zero-order valence-electron chi connectivity index (χ0n) is 8.08. The van der Waals surface area contributed by atoms with Crippen molar-refractivity contribution in [3.63, 3.8) is 0 Å². The molecule has 1 unspecified atom stereocenters. The molecule has 1 aliphatic heterocycles. The minimum absolute atomic E-state index is 0.0266. The van der Waals surface area contributed by atoms with Crippen LogP contribution in [0.4, 0.5) is 0 Å². The Morgan fingerprint density at radius 3 is 3.08 bits per heavy atom. The van der Waals surface area contributed by atoms with Crippen LogP contribution in [0.1, 0.15) is 19.8 Å². The van der Waals surface area contributed by atoms with Gasteiger partial charge in [-0.3, -0.25) is 4.79 Å². The molecule has 0 aromatic heterocycles. The Balaban J connectivity index is 2.61. The highest BCUT2D eigenvalue weighted by molar-refractivity contribution is 5.93. The van der Waals surface area contributed by atoms with Crippen molar-refractivity contribution in [2.75, 3.05) is 13.6 Å². The Hall–Kier alpha value is -1.03.